The Kier molecular flexibility index (Phi) is 10.4. The van der Waals surface area contributed by atoms with Gasteiger partial charge < -0.3 is 10.2 Å². The van der Waals surface area contributed by atoms with Gasteiger partial charge in [-0.15, -0.1) is 0 Å². The molecule has 0 saturated heterocycles. The molecule has 0 aliphatic carbocycles. The minimum atomic E-state index is -3.85. The number of carbonyl (C=O) groups excluding carboxylic acids is 2. The average molecular weight is 591 g/mol. The van der Waals surface area contributed by atoms with Crippen LogP contribution in [0.1, 0.15) is 29.2 Å². The van der Waals surface area contributed by atoms with E-state index in [1.165, 1.54) is 4.90 Å². The number of hydrogen-bond donors (Lipinski definition) is 1. The zero-order valence-electron chi connectivity index (χ0n) is 22.4. The zero-order valence-corrected chi connectivity index (χ0v) is 24.8. The number of nitrogens with one attached hydrogen (secondary N) is 1. The lowest BCUT2D eigenvalue weighted by atomic mass is 10.0. The highest BCUT2D eigenvalue weighted by atomic mass is 35.5. The fraction of sp³-hybridized carbons (Fsp3) is 0.310. The Bertz CT molecular complexity index is 1430. The minimum absolute atomic E-state index is 0.0200. The summed E-state index contributed by atoms with van der Waals surface area (Å²) in [5.74, 6) is -0.892. The number of aryl methyl sites for hydroxylation is 2. The van der Waals surface area contributed by atoms with E-state index in [0.29, 0.717) is 33.4 Å². The van der Waals surface area contributed by atoms with E-state index in [9.17, 15) is 18.0 Å². The number of amides is 2. The standard InChI is InChI=1S/C29H33Cl2N3O4S/c1-5-32-29(36)27(16-22-9-7-6-8-10-22)33(18-23-13-14-24(30)17-25(23)31)28(35)19-34(39(4,37)38)26-15-20(2)11-12-21(26)3/h6-15,17,27H,5,16,18-19H2,1-4H3,(H,32,36). The SMILES string of the molecule is CCNC(=O)C(Cc1ccccc1)N(Cc1ccc(Cl)cc1Cl)C(=O)CN(c1cc(C)ccc1C)S(C)(=O)=O. The number of carbonyl (C=O) groups is 2. The van der Waals surface area contributed by atoms with Gasteiger partial charge in [-0.1, -0.05) is 71.7 Å². The van der Waals surface area contributed by atoms with Crippen LogP contribution in [0.15, 0.2) is 66.7 Å². The predicted octanol–water partition coefficient (Wildman–Crippen LogP) is 5.15. The van der Waals surface area contributed by atoms with Crippen molar-refractivity contribution in [1.82, 2.24) is 10.2 Å². The number of benzene rings is 3. The molecule has 1 N–H and O–H groups in total. The summed E-state index contributed by atoms with van der Waals surface area (Å²) >= 11 is 12.6. The van der Waals surface area contributed by atoms with Gasteiger partial charge in [0.1, 0.15) is 12.6 Å². The van der Waals surface area contributed by atoms with Crippen LogP contribution in [-0.4, -0.2) is 50.5 Å². The summed E-state index contributed by atoms with van der Waals surface area (Å²) in [5.41, 5.74) is 3.40. The molecule has 1 unspecified atom stereocenters. The Labute approximate surface area is 240 Å². The first-order chi connectivity index (χ1) is 18.4. The molecule has 0 aliphatic heterocycles. The van der Waals surface area contributed by atoms with Gasteiger partial charge in [0.25, 0.3) is 0 Å². The van der Waals surface area contributed by atoms with Crippen LogP contribution in [0.2, 0.25) is 10.0 Å². The number of likely N-dealkylation sites (N-methyl/N-ethyl adjacent to an activating group) is 1. The molecule has 0 aromatic heterocycles. The minimum Gasteiger partial charge on any atom is -0.355 e. The van der Waals surface area contributed by atoms with E-state index in [0.717, 1.165) is 21.7 Å². The lowest BCUT2D eigenvalue weighted by molar-refractivity contribution is -0.140. The van der Waals surface area contributed by atoms with Gasteiger partial charge in [0.05, 0.1) is 11.9 Å². The largest absolute Gasteiger partial charge is 0.355 e. The van der Waals surface area contributed by atoms with Gasteiger partial charge in [-0.05, 0) is 61.2 Å². The highest BCUT2D eigenvalue weighted by Crippen LogP contribution is 2.27. The molecule has 0 fully saturated rings. The summed E-state index contributed by atoms with van der Waals surface area (Å²) in [7, 11) is -3.85. The third-order valence-corrected chi connectivity index (χ3v) is 8.00. The number of hydrogen-bond acceptors (Lipinski definition) is 4. The molecule has 0 radical (unpaired) electrons. The second-order valence-corrected chi connectivity index (χ2v) is 12.2. The molecule has 0 heterocycles. The van der Waals surface area contributed by atoms with Gasteiger partial charge >= 0.3 is 0 Å². The van der Waals surface area contributed by atoms with Crippen molar-refractivity contribution >= 4 is 50.7 Å². The molecule has 1 atom stereocenters. The maximum Gasteiger partial charge on any atom is 0.244 e. The average Bonchev–Trinajstić information content (AvgIpc) is 2.87. The van der Waals surface area contributed by atoms with E-state index in [4.69, 9.17) is 23.2 Å². The molecule has 39 heavy (non-hydrogen) atoms. The summed E-state index contributed by atoms with van der Waals surface area (Å²) in [6, 6.07) is 18.8. The highest BCUT2D eigenvalue weighted by Gasteiger charge is 2.33. The fourth-order valence-corrected chi connectivity index (χ4v) is 5.63. The first kappa shape index (κ1) is 30.5. The molecule has 208 valence electrons. The van der Waals surface area contributed by atoms with Crippen molar-refractivity contribution in [2.45, 2.75) is 39.8 Å². The van der Waals surface area contributed by atoms with Crippen molar-refractivity contribution in [2.24, 2.45) is 0 Å². The van der Waals surface area contributed by atoms with Gasteiger partial charge in [-0.2, -0.15) is 0 Å². The second-order valence-electron chi connectivity index (χ2n) is 9.42. The molecular weight excluding hydrogens is 557 g/mol. The molecule has 10 heteroatoms. The summed E-state index contributed by atoms with van der Waals surface area (Å²) in [6.07, 6.45) is 1.29. The van der Waals surface area contributed by atoms with Crippen LogP contribution in [0.5, 0.6) is 0 Å². The predicted molar refractivity (Wildman–Crippen MR) is 158 cm³/mol. The number of sulfonamides is 1. The third kappa shape index (κ3) is 8.21. The first-order valence-corrected chi connectivity index (χ1v) is 15.1. The third-order valence-electron chi connectivity index (χ3n) is 6.29. The van der Waals surface area contributed by atoms with Crippen LogP contribution >= 0.6 is 23.2 Å². The van der Waals surface area contributed by atoms with Crippen LogP contribution in [0.4, 0.5) is 5.69 Å². The molecular formula is C29H33Cl2N3O4S. The Hall–Kier alpha value is -3.07. The van der Waals surface area contributed by atoms with Crippen molar-refractivity contribution in [3.8, 4) is 0 Å². The van der Waals surface area contributed by atoms with Crippen LogP contribution in [0.25, 0.3) is 0 Å². The fourth-order valence-electron chi connectivity index (χ4n) is 4.26. The van der Waals surface area contributed by atoms with Gasteiger partial charge in [0.2, 0.25) is 21.8 Å². The number of anilines is 1. The van der Waals surface area contributed by atoms with Crippen molar-refractivity contribution in [3.63, 3.8) is 0 Å². The van der Waals surface area contributed by atoms with Gasteiger partial charge in [-0.25, -0.2) is 8.42 Å². The Morgan fingerprint density at radius 2 is 1.67 bits per heavy atom. The van der Waals surface area contributed by atoms with E-state index in [2.05, 4.69) is 5.32 Å². The van der Waals surface area contributed by atoms with Crippen LogP contribution < -0.4 is 9.62 Å². The van der Waals surface area contributed by atoms with Gasteiger partial charge in [0.15, 0.2) is 0 Å². The Morgan fingerprint density at radius 1 is 0.974 bits per heavy atom. The van der Waals surface area contributed by atoms with Crippen molar-refractivity contribution in [1.29, 1.82) is 0 Å². The van der Waals surface area contributed by atoms with Crippen molar-refractivity contribution < 1.29 is 18.0 Å². The highest BCUT2D eigenvalue weighted by molar-refractivity contribution is 7.92. The molecule has 0 aliphatic rings. The van der Waals surface area contributed by atoms with Crippen LogP contribution in [-0.2, 0) is 32.6 Å². The molecule has 3 aromatic rings. The molecule has 3 aromatic carbocycles. The molecule has 0 saturated carbocycles. The molecule has 0 spiro atoms. The van der Waals surface area contributed by atoms with Crippen molar-refractivity contribution in [2.75, 3.05) is 23.7 Å². The zero-order chi connectivity index (χ0) is 28.7. The van der Waals surface area contributed by atoms with E-state index in [1.807, 2.05) is 49.4 Å². The Balaban J connectivity index is 2.09. The Morgan fingerprint density at radius 3 is 2.28 bits per heavy atom. The molecule has 2 amide bonds. The number of halogens is 2. The van der Waals surface area contributed by atoms with Crippen molar-refractivity contribution in [3.05, 3.63) is 99.0 Å². The van der Waals surface area contributed by atoms with E-state index < -0.39 is 28.5 Å². The number of nitrogens with zero attached hydrogens (tertiary/aromatic N) is 2. The second kappa shape index (κ2) is 13.3. The lowest BCUT2D eigenvalue weighted by Crippen LogP contribution is -2.53. The summed E-state index contributed by atoms with van der Waals surface area (Å²) in [6.45, 7) is 5.30. The monoisotopic (exact) mass is 589 g/mol. The van der Waals surface area contributed by atoms with E-state index in [-0.39, 0.29) is 18.9 Å². The summed E-state index contributed by atoms with van der Waals surface area (Å²) < 4.78 is 27.0. The van der Waals surface area contributed by atoms with Crippen LogP contribution in [0, 0.1) is 13.8 Å². The van der Waals surface area contributed by atoms with Crippen LogP contribution in [0.3, 0.4) is 0 Å². The van der Waals surface area contributed by atoms with E-state index in [1.54, 1.807) is 38.1 Å². The van der Waals surface area contributed by atoms with Gasteiger partial charge in [-0.3, -0.25) is 13.9 Å². The normalized spacial score (nSPS) is 12.1. The maximum absolute atomic E-state index is 14.1. The molecule has 3 rings (SSSR count). The quantitative estimate of drug-likeness (QED) is 0.335. The molecule has 0 bridgehead atoms. The maximum atomic E-state index is 14.1. The first-order valence-electron chi connectivity index (χ1n) is 12.5. The summed E-state index contributed by atoms with van der Waals surface area (Å²) in [5, 5.41) is 3.60. The van der Waals surface area contributed by atoms with E-state index >= 15 is 0 Å². The number of rotatable bonds is 11. The molecule has 7 nitrogen and oxygen atoms in total. The topological polar surface area (TPSA) is 86.8 Å². The lowest BCUT2D eigenvalue weighted by Gasteiger charge is -2.34. The van der Waals surface area contributed by atoms with Gasteiger partial charge in [0, 0.05) is 29.6 Å². The smallest absolute Gasteiger partial charge is 0.244 e. The summed E-state index contributed by atoms with van der Waals surface area (Å²) in [4.78, 5) is 28.8.